The number of nitro groups is 1. The Morgan fingerprint density at radius 2 is 2.00 bits per heavy atom. The topological polar surface area (TPSA) is 72.2 Å². The molecule has 7 heteroatoms. The number of anilines is 1. The lowest BCUT2D eigenvalue weighted by molar-refractivity contribution is -0.384. The molecule has 1 N–H and O–H groups in total. The van der Waals surface area contributed by atoms with Crippen molar-refractivity contribution in [3.05, 3.63) is 62.6 Å². The molecule has 0 radical (unpaired) electrons. The highest BCUT2D eigenvalue weighted by Gasteiger charge is 2.16. The van der Waals surface area contributed by atoms with Crippen LogP contribution >= 0.6 is 27.7 Å². The highest BCUT2D eigenvalue weighted by Crippen LogP contribution is 2.27. The summed E-state index contributed by atoms with van der Waals surface area (Å²) in [5.74, 6) is -0.396. The third-order valence-electron chi connectivity index (χ3n) is 2.76. The van der Waals surface area contributed by atoms with Crippen molar-refractivity contribution in [3.8, 4) is 0 Å². The van der Waals surface area contributed by atoms with E-state index in [2.05, 4.69) is 21.2 Å². The van der Waals surface area contributed by atoms with Crippen molar-refractivity contribution in [2.75, 3.05) is 11.6 Å². The first-order chi connectivity index (χ1) is 10.0. The molecular formula is C14H11BrN2O3S. The quantitative estimate of drug-likeness (QED) is 0.496. The summed E-state index contributed by atoms with van der Waals surface area (Å²) in [7, 11) is 0. The van der Waals surface area contributed by atoms with E-state index < -0.39 is 10.8 Å². The molecule has 0 aliphatic carbocycles. The number of hydrogen-bond donors (Lipinski definition) is 1. The van der Waals surface area contributed by atoms with E-state index in [1.54, 1.807) is 6.07 Å². The smallest absolute Gasteiger partial charge is 0.270 e. The first-order valence-corrected chi connectivity index (χ1v) is 7.93. The average Bonchev–Trinajstić information content (AvgIpc) is 2.47. The van der Waals surface area contributed by atoms with Crippen LogP contribution < -0.4 is 5.32 Å². The minimum absolute atomic E-state index is 0.124. The maximum absolute atomic E-state index is 12.3. The van der Waals surface area contributed by atoms with Gasteiger partial charge in [0.15, 0.2) is 0 Å². The van der Waals surface area contributed by atoms with E-state index in [-0.39, 0.29) is 11.3 Å². The molecule has 0 atom stereocenters. The van der Waals surface area contributed by atoms with Crippen LogP contribution in [0.25, 0.3) is 0 Å². The van der Waals surface area contributed by atoms with Crippen LogP contribution in [0, 0.1) is 10.1 Å². The van der Waals surface area contributed by atoms with Gasteiger partial charge in [0.05, 0.1) is 16.2 Å². The molecule has 5 nitrogen and oxygen atoms in total. The summed E-state index contributed by atoms with van der Waals surface area (Å²) in [6.45, 7) is 0. The zero-order valence-corrected chi connectivity index (χ0v) is 13.4. The van der Waals surface area contributed by atoms with Crippen LogP contribution in [0.1, 0.15) is 10.4 Å². The molecule has 0 fully saturated rings. The number of nitrogens with one attached hydrogen (secondary N) is 1. The second-order valence-electron chi connectivity index (χ2n) is 4.08. The van der Waals surface area contributed by atoms with E-state index >= 15 is 0 Å². The van der Waals surface area contributed by atoms with Gasteiger partial charge < -0.3 is 5.32 Å². The SMILES string of the molecule is CSc1ccccc1NC(=O)c1cc([N+](=O)[O-])ccc1Br. The zero-order valence-electron chi connectivity index (χ0n) is 11.0. The molecule has 0 saturated heterocycles. The van der Waals surface area contributed by atoms with E-state index in [9.17, 15) is 14.9 Å². The van der Waals surface area contributed by atoms with Gasteiger partial charge in [-0.25, -0.2) is 0 Å². The van der Waals surface area contributed by atoms with Crippen molar-refractivity contribution >= 4 is 45.0 Å². The lowest BCUT2D eigenvalue weighted by atomic mass is 10.2. The summed E-state index contributed by atoms with van der Waals surface area (Å²) in [5, 5.41) is 13.6. The van der Waals surface area contributed by atoms with Gasteiger partial charge in [-0.1, -0.05) is 12.1 Å². The Kier molecular flexibility index (Phi) is 4.98. The van der Waals surface area contributed by atoms with Gasteiger partial charge in [0.1, 0.15) is 0 Å². The third-order valence-corrected chi connectivity index (χ3v) is 4.25. The summed E-state index contributed by atoms with van der Waals surface area (Å²) < 4.78 is 0.507. The van der Waals surface area contributed by atoms with Crippen molar-refractivity contribution in [1.29, 1.82) is 0 Å². The number of para-hydroxylation sites is 1. The minimum Gasteiger partial charge on any atom is -0.321 e. The van der Waals surface area contributed by atoms with Gasteiger partial charge >= 0.3 is 0 Å². The standard InChI is InChI=1S/C14H11BrN2O3S/c1-21-13-5-3-2-4-12(13)16-14(18)10-8-9(17(19)20)6-7-11(10)15/h2-8H,1H3,(H,16,18). The Morgan fingerprint density at radius 1 is 1.29 bits per heavy atom. The highest BCUT2D eigenvalue weighted by molar-refractivity contribution is 9.10. The summed E-state index contributed by atoms with van der Waals surface area (Å²) in [6.07, 6.45) is 1.91. The normalized spacial score (nSPS) is 10.2. The number of nitro benzene ring substituents is 1. The Balaban J connectivity index is 2.32. The van der Waals surface area contributed by atoms with Crippen LogP contribution in [0.2, 0.25) is 0 Å². The summed E-state index contributed by atoms with van der Waals surface area (Å²) in [6, 6.07) is 11.5. The molecule has 0 aliphatic heterocycles. The maximum Gasteiger partial charge on any atom is 0.270 e. The van der Waals surface area contributed by atoms with Gasteiger partial charge in [0.2, 0.25) is 0 Å². The van der Waals surface area contributed by atoms with Crippen LogP contribution in [-0.2, 0) is 0 Å². The summed E-state index contributed by atoms with van der Waals surface area (Å²) in [4.78, 5) is 23.5. The second kappa shape index (κ2) is 6.73. The number of hydrogen-bond acceptors (Lipinski definition) is 4. The van der Waals surface area contributed by atoms with E-state index in [0.29, 0.717) is 10.2 Å². The predicted molar refractivity (Wildman–Crippen MR) is 87.0 cm³/mol. The largest absolute Gasteiger partial charge is 0.321 e. The number of amides is 1. The fraction of sp³-hybridized carbons (Fsp3) is 0.0714. The molecule has 2 aromatic carbocycles. The van der Waals surface area contributed by atoms with E-state index in [1.165, 1.54) is 30.0 Å². The summed E-state index contributed by atoms with van der Waals surface area (Å²) >= 11 is 4.75. The molecule has 21 heavy (non-hydrogen) atoms. The lowest BCUT2D eigenvalue weighted by Gasteiger charge is -2.10. The highest BCUT2D eigenvalue weighted by atomic mass is 79.9. The number of thioether (sulfide) groups is 1. The minimum atomic E-state index is -0.529. The third kappa shape index (κ3) is 3.62. The number of benzene rings is 2. The molecule has 108 valence electrons. The Morgan fingerprint density at radius 3 is 2.67 bits per heavy atom. The van der Waals surface area contributed by atoms with Gasteiger partial charge in [0, 0.05) is 21.5 Å². The Labute approximate surface area is 134 Å². The van der Waals surface area contributed by atoms with Gasteiger partial charge in [0.25, 0.3) is 11.6 Å². The first kappa shape index (κ1) is 15.5. The number of nitrogens with zero attached hydrogens (tertiary/aromatic N) is 1. The molecular weight excluding hydrogens is 356 g/mol. The molecule has 0 aliphatic rings. The van der Waals surface area contributed by atoms with Crippen molar-refractivity contribution in [3.63, 3.8) is 0 Å². The van der Waals surface area contributed by atoms with Gasteiger partial charge in [-0.2, -0.15) is 0 Å². The molecule has 2 aromatic rings. The molecule has 0 bridgehead atoms. The molecule has 0 heterocycles. The predicted octanol–water partition coefficient (Wildman–Crippen LogP) is 4.33. The number of carbonyl (C=O) groups is 1. The number of carbonyl (C=O) groups excluding carboxylic acids is 1. The first-order valence-electron chi connectivity index (χ1n) is 5.91. The zero-order chi connectivity index (χ0) is 15.4. The molecule has 0 unspecified atom stereocenters. The average molecular weight is 367 g/mol. The Bertz CT molecular complexity index is 706. The van der Waals surface area contributed by atoms with Crippen LogP contribution in [0.5, 0.6) is 0 Å². The second-order valence-corrected chi connectivity index (χ2v) is 5.78. The van der Waals surface area contributed by atoms with E-state index in [1.807, 2.05) is 24.5 Å². The number of rotatable bonds is 4. The van der Waals surface area contributed by atoms with E-state index in [4.69, 9.17) is 0 Å². The van der Waals surface area contributed by atoms with Crippen LogP contribution in [0.4, 0.5) is 11.4 Å². The fourth-order valence-electron chi connectivity index (χ4n) is 1.74. The van der Waals surface area contributed by atoms with Gasteiger partial charge in [-0.05, 0) is 40.4 Å². The Hall–Kier alpha value is -1.86. The van der Waals surface area contributed by atoms with Crippen molar-refractivity contribution in [2.24, 2.45) is 0 Å². The van der Waals surface area contributed by atoms with Crippen LogP contribution in [-0.4, -0.2) is 17.1 Å². The van der Waals surface area contributed by atoms with Crippen molar-refractivity contribution < 1.29 is 9.72 Å². The van der Waals surface area contributed by atoms with Crippen molar-refractivity contribution in [2.45, 2.75) is 4.90 Å². The molecule has 1 amide bonds. The monoisotopic (exact) mass is 366 g/mol. The lowest BCUT2D eigenvalue weighted by Crippen LogP contribution is -2.13. The molecule has 0 saturated carbocycles. The molecule has 0 aromatic heterocycles. The maximum atomic E-state index is 12.3. The van der Waals surface area contributed by atoms with E-state index in [0.717, 1.165) is 4.90 Å². The number of non-ortho nitro benzene ring substituents is 1. The summed E-state index contributed by atoms with van der Waals surface area (Å²) in [5.41, 5.74) is 0.773. The van der Waals surface area contributed by atoms with Gasteiger partial charge in [-0.3, -0.25) is 14.9 Å². The number of halogens is 1. The van der Waals surface area contributed by atoms with Crippen LogP contribution in [0.15, 0.2) is 51.8 Å². The molecule has 0 spiro atoms. The fourth-order valence-corrected chi connectivity index (χ4v) is 2.72. The van der Waals surface area contributed by atoms with Crippen molar-refractivity contribution in [1.82, 2.24) is 0 Å². The molecule has 2 rings (SSSR count). The van der Waals surface area contributed by atoms with Gasteiger partial charge in [-0.15, -0.1) is 11.8 Å². The van der Waals surface area contributed by atoms with Crippen LogP contribution in [0.3, 0.4) is 0 Å².